The molecule has 0 aliphatic carbocycles. The number of morpholine rings is 1. The van der Waals surface area contributed by atoms with Gasteiger partial charge in [-0.25, -0.2) is 0 Å². The molecule has 0 saturated carbocycles. The van der Waals surface area contributed by atoms with Crippen molar-refractivity contribution < 1.29 is 14.6 Å². The van der Waals surface area contributed by atoms with E-state index in [-0.39, 0.29) is 24.7 Å². The second-order valence-electron chi connectivity index (χ2n) is 6.57. The minimum atomic E-state index is -0.245. The second-order valence-corrected chi connectivity index (χ2v) is 6.57. The molecule has 2 aromatic rings. The van der Waals surface area contributed by atoms with Gasteiger partial charge in [-0.2, -0.15) is 0 Å². The summed E-state index contributed by atoms with van der Waals surface area (Å²) >= 11 is 0. The SMILES string of the molecule is CC1COC(CO)CN1C(=O)CCCc1ccc2ccccc2c1. The molecule has 1 heterocycles. The Morgan fingerprint density at radius 1 is 1.25 bits per heavy atom. The first-order valence-electron chi connectivity index (χ1n) is 8.67. The number of carbonyl (C=O) groups excluding carboxylic acids is 1. The van der Waals surface area contributed by atoms with Crippen molar-refractivity contribution in [2.75, 3.05) is 19.8 Å². The largest absolute Gasteiger partial charge is 0.394 e. The van der Waals surface area contributed by atoms with Crippen molar-refractivity contribution in [3.63, 3.8) is 0 Å². The topological polar surface area (TPSA) is 49.8 Å². The van der Waals surface area contributed by atoms with Gasteiger partial charge in [0.1, 0.15) is 0 Å². The highest BCUT2D eigenvalue weighted by Gasteiger charge is 2.28. The van der Waals surface area contributed by atoms with Gasteiger partial charge in [0.15, 0.2) is 0 Å². The van der Waals surface area contributed by atoms with E-state index in [2.05, 4.69) is 30.3 Å². The molecule has 4 nitrogen and oxygen atoms in total. The first-order chi connectivity index (χ1) is 11.7. The molecule has 0 radical (unpaired) electrons. The maximum Gasteiger partial charge on any atom is 0.222 e. The molecule has 1 N–H and O–H groups in total. The van der Waals surface area contributed by atoms with Crippen molar-refractivity contribution in [2.24, 2.45) is 0 Å². The fourth-order valence-corrected chi connectivity index (χ4v) is 3.26. The quantitative estimate of drug-likeness (QED) is 0.919. The van der Waals surface area contributed by atoms with Crippen LogP contribution in [0.3, 0.4) is 0 Å². The molecule has 1 amide bonds. The number of amides is 1. The molecule has 1 aliphatic rings. The molecule has 128 valence electrons. The molecule has 0 spiro atoms. The Morgan fingerprint density at radius 3 is 2.83 bits per heavy atom. The van der Waals surface area contributed by atoms with Gasteiger partial charge in [-0.05, 0) is 36.1 Å². The van der Waals surface area contributed by atoms with Crippen LogP contribution >= 0.6 is 0 Å². The van der Waals surface area contributed by atoms with Gasteiger partial charge in [-0.1, -0.05) is 42.5 Å². The molecule has 0 aromatic heterocycles. The molecule has 24 heavy (non-hydrogen) atoms. The lowest BCUT2D eigenvalue weighted by atomic mass is 10.0. The Bertz CT molecular complexity index is 700. The number of ether oxygens (including phenoxy) is 1. The average Bonchev–Trinajstić information content (AvgIpc) is 2.62. The lowest BCUT2D eigenvalue weighted by Gasteiger charge is -2.37. The van der Waals surface area contributed by atoms with Crippen LogP contribution in [0.4, 0.5) is 0 Å². The van der Waals surface area contributed by atoms with Gasteiger partial charge >= 0.3 is 0 Å². The summed E-state index contributed by atoms with van der Waals surface area (Å²) in [5.41, 5.74) is 1.27. The molecule has 2 unspecified atom stereocenters. The fourth-order valence-electron chi connectivity index (χ4n) is 3.26. The van der Waals surface area contributed by atoms with Crippen LogP contribution in [0, 0.1) is 0 Å². The van der Waals surface area contributed by atoms with Crippen LogP contribution in [0.1, 0.15) is 25.3 Å². The van der Waals surface area contributed by atoms with E-state index in [0.717, 1.165) is 12.8 Å². The average molecular weight is 327 g/mol. The molecule has 1 fully saturated rings. The molecule has 4 heteroatoms. The van der Waals surface area contributed by atoms with E-state index < -0.39 is 0 Å². The second kappa shape index (κ2) is 7.77. The number of carbonyl (C=O) groups is 1. The Hall–Kier alpha value is -1.91. The molecule has 3 rings (SSSR count). The zero-order chi connectivity index (χ0) is 16.9. The number of aryl methyl sites for hydroxylation is 1. The summed E-state index contributed by atoms with van der Waals surface area (Å²) < 4.78 is 5.49. The highest BCUT2D eigenvalue weighted by atomic mass is 16.5. The summed E-state index contributed by atoms with van der Waals surface area (Å²) in [6.07, 6.45) is 2.03. The molecule has 2 aromatic carbocycles. The van der Waals surface area contributed by atoms with Gasteiger partial charge in [-0.3, -0.25) is 4.79 Å². The number of hydrogen-bond donors (Lipinski definition) is 1. The van der Waals surface area contributed by atoms with Crippen LogP contribution < -0.4 is 0 Å². The molecular formula is C20H25NO3. The third-order valence-corrected chi connectivity index (χ3v) is 4.70. The number of hydrogen-bond acceptors (Lipinski definition) is 3. The lowest BCUT2D eigenvalue weighted by molar-refractivity contribution is -0.146. The minimum absolute atomic E-state index is 0.0341. The zero-order valence-electron chi connectivity index (χ0n) is 14.1. The van der Waals surface area contributed by atoms with Crippen molar-refractivity contribution in [2.45, 2.75) is 38.3 Å². The van der Waals surface area contributed by atoms with Crippen LogP contribution in [0.25, 0.3) is 10.8 Å². The van der Waals surface area contributed by atoms with Crippen molar-refractivity contribution in [1.82, 2.24) is 4.90 Å². The summed E-state index contributed by atoms with van der Waals surface area (Å²) in [6, 6.07) is 14.9. The molecule has 2 atom stereocenters. The molecule has 0 bridgehead atoms. The maximum atomic E-state index is 12.5. The maximum absolute atomic E-state index is 12.5. The van der Waals surface area contributed by atoms with E-state index in [9.17, 15) is 9.90 Å². The normalized spacial score (nSPS) is 21.2. The minimum Gasteiger partial charge on any atom is -0.394 e. The molecule has 1 aliphatic heterocycles. The molecular weight excluding hydrogens is 302 g/mol. The van der Waals surface area contributed by atoms with Gasteiger partial charge < -0.3 is 14.7 Å². The molecule has 1 saturated heterocycles. The van der Waals surface area contributed by atoms with E-state index in [4.69, 9.17) is 4.74 Å². The first kappa shape index (κ1) is 16.9. The number of nitrogens with zero attached hydrogens (tertiary/aromatic N) is 1. The van der Waals surface area contributed by atoms with Gasteiger partial charge in [0, 0.05) is 13.0 Å². The van der Waals surface area contributed by atoms with Gasteiger partial charge in [0.25, 0.3) is 0 Å². The number of rotatable bonds is 5. The van der Waals surface area contributed by atoms with Crippen molar-refractivity contribution in [3.8, 4) is 0 Å². The number of aliphatic hydroxyl groups excluding tert-OH is 1. The summed E-state index contributed by atoms with van der Waals surface area (Å²) in [4.78, 5) is 14.3. The van der Waals surface area contributed by atoms with Gasteiger partial charge in [0.2, 0.25) is 5.91 Å². The smallest absolute Gasteiger partial charge is 0.222 e. The third kappa shape index (κ3) is 3.94. The lowest BCUT2D eigenvalue weighted by Crippen LogP contribution is -2.52. The van der Waals surface area contributed by atoms with E-state index in [1.165, 1.54) is 16.3 Å². The van der Waals surface area contributed by atoms with Crippen LogP contribution in [0.15, 0.2) is 42.5 Å². The standard InChI is InChI=1S/C20H25NO3/c1-15-14-24-19(13-22)12-21(15)20(23)8-4-5-16-9-10-17-6-2-3-7-18(17)11-16/h2-3,6-7,9-11,15,19,22H,4-5,8,12-14H2,1H3. The van der Waals surface area contributed by atoms with E-state index >= 15 is 0 Å². The summed E-state index contributed by atoms with van der Waals surface area (Å²) in [7, 11) is 0. The highest BCUT2D eigenvalue weighted by Crippen LogP contribution is 2.18. The van der Waals surface area contributed by atoms with Crippen LogP contribution in [-0.2, 0) is 16.0 Å². The number of fused-ring (bicyclic) bond motifs is 1. The number of aliphatic hydroxyl groups is 1. The van der Waals surface area contributed by atoms with Crippen LogP contribution in [-0.4, -0.2) is 47.8 Å². The number of benzene rings is 2. The monoisotopic (exact) mass is 327 g/mol. The third-order valence-electron chi connectivity index (χ3n) is 4.70. The van der Waals surface area contributed by atoms with Crippen molar-refractivity contribution in [3.05, 3.63) is 48.0 Å². The summed E-state index contributed by atoms with van der Waals surface area (Å²) in [5.74, 6) is 0.157. The fraction of sp³-hybridized carbons (Fsp3) is 0.450. The Labute approximate surface area is 143 Å². The van der Waals surface area contributed by atoms with Crippen LogP contribution in [0.5, 0.6) is 0 Å². The predicted molar refractivity (Wildman–Crippen MR) is 94.9 cm³/mol. The summed E-state index contributed by atoms with van der Waals surface area (Å²) in [5, 5.41) is 11.7. The predicted octanol–water partition coefficient (Wildman–Crippen LogP) is 2.77. The van der Waals surface area contributed by atoms with Gasteiger partial charge in [0.05, 0.1) is 25.4 Å². The Kier molecular flexibility index (Phi) is 5.48. The summed E-state index contributed by atoms with van der Waals surface area (Å²) in [6.45, 7) is 2.95. The zero-order valence-corrected chi connectivity index (χ0v) is 14.1. The van der Waals surface area contributed by atoms with Crippen LogP contribution in [0.2, 0.25) is 0 Å². The van der Waals surface area contributed by atoms with E-state index in [1.54, 1.807) is 0 Å². The van der Waals surface area contributed by atoms with Crippen molar-refractivity contribution in [1.29, 1.82) is 0 Å². The van der Waals surface area contributed by atoms with Gasteiger partial charge in [-0.15, -0.1) is 0 Å². The Morgan fingerprint density at radius 2 is 2.04 bits per heavy atom. The Balaban J connectivity index is 1.53. The highest BCUT2D eigenvalue weighted by molar-refractivity contribution is 5.83. The first-order valence-corrected chi connectivity index (χ1v) is 8.67. The van der Waals surface area contributed by atoms with Crippen molar-refractivity contribution >= 4 is 16.7 Å². The van der Waals surface area contributed by atoms with E-state index in [1.807, 2.05) is 24.0 Å². The van der Waals surface area contributed by atoms with E-state index in [0.29, 0.717) is 19.6 Å².